The maximum Gasteiger partial charge on any atom is 0.265 e. The lowest BCUT2D eigenvalue weighted by Crippen LogP contribution is -2.15. The third-order valence-electron chi connectivity index (χ3n) is 4.32. The lowest BCUT2D eigenvalue weighted by atomic mass is 10.2. The summed E-state index contributed by atoms with van der Waals surface area (Å²) in [5.41, 5.74) is 0.531. The molecule has 0 saturated heterocycles. The average molecular weight is 429 g/mol. The first kappa shape index (κ1) is 19.7. The van der Waals surface area contributed by atoms with E-state index in [9.17, 15) is 21.6 Å². The number of benzene rings is 3. The van der Waals surface area contributed by atoms with Crippen molar-refractivity contribution in [3.8, 4) is 16.9 Å². The van der Waals surface area contributed by atoms with Gasteiger partial charge in [0.1, 0.15) is 10.6 Å². The smallest absolute Gasteiger partial charge is 0.265 e. The molecule has 4 rings (SSSR count). The molecule has 0 bridgehead atoms. The van der Waals surface area contributed by atoms with Gasteiger partial charge in [0.2, 0.25) is 0 Å². The molecule has 0 saturated carbocycles. The Hall–Kier alpha value is -3.59. The number of anilines is 1. The molecular formula is C21H14F3N3O2S. The van der Waals surface area contributed by atoms with Crippen molar-refractivity contribution in [1.29, 1.82) is 0 Å². The quantitative estimate of drug-likeness (QED) is 0.466. The Morgan fingerprint density at radius 1 is 0.800 bits per heavy atom. The maximum absolute atomic E-state index is 14.0. The van der Waals surface area contributed by atoms with Crippen molar-refractivity contribution in [2.45, 2.75) is 4.90 Å². The molecule has 0 atom stereocenters. The standard InChI is InChI=1S/C21H14F3N3O2S/c22-16-11-12-17(20(24)19(16)23)26-30(28,29)18-13-27(15-9-5-2-6-10-15)25-21(18)14-7-3-1-4-8-14/h1-13,26H. The molecule has 0 unspecified atom stereocenters. The fourth-order valence-electron chi connectivity index (χ4n) is 2.87. The van der Waals surface area contributed by atoms with Crippen LogP contribution in [0, 0.1) is 17.5 Å². The van der Waals surface area contributed by atoms with Crippen molar-refractivity contribution >= 4 is 15.7 Å². The molecule has 4 aromatic rings. The molecule has 0 aliphatic rings. The zero-order valence-electron chi connectivity index (χ0n) is 15.3. The zero-order chi connectivity index (χ0) is 21.3. The molecule has 0 fully saturated rings. The summed E-state index contributed by atoms with van der Waals surface area (Å²) in [7, 11) is -4.39. The molecule has 0 amide bonds. The van der Waals surface area contributed by atoms with Crippen LogP contribution in [0.1, 0.15) is 0 Å². The molecule has 3 aromatic carbocycles. The van der Waals surface area contributed by atoms with Gasteiger partial charge in [-0.1, -0.05) is 48.5 Å². The largest absolute Gasteiger partial charge is 0.276 e. The number of nitrogens with one attached hydrogen (secondary N) is 1. The average Bonchev–Trinajstić information content (AvgIpc) is 3.22. The van der Waals surface area contributed by atoms with Gasteiger partial charge in [0.25, 0.3) is 10.0 Å². The summed E-state index contributed by atoms with van der Waals surface area (Å²) < 4.78 is 70.2. The minimum Gasteiger partial charge on any atom is -0.276 e. The number of aromatic nitrogens is 2. The van der Waals surface area contributed by atoms with E-state index >= 15 is 0 Å². The van der Waals surface area contributed by atoms with E-state index < -0.39 is 33.2 Å². The van der Waals surface area contributed by atoms with E-state index in [-0.39, 0.29) is 10.6 Å². The van der Waals surface area contributed by atoms with E-state index in [1.54, 1.807) is 60.7 Å². The second-order valence-corrected chi connectivity index (χ2v) is 7.97. The highest BCUT2D eigenvalue weighted by Gasteiger charge is 2.26. The summed E-state index contributed by atoms with van der Waals surface area (Å²) in [6.45, 7) is 0. The highest BCUT2D eigenvalue weighted by atomic mass is 32.2. The summed E-state index contributed by atoms with van der Waals surface area (Å²) in [6, 6.07) is 18.8. The highest BCUT2D eigenvalue weighted by Crippen LogP contribution is 2.30. The summed E-state index contributed by atoms with van der Waals surface area (Å²) in [4.78, 5) is -0.248. The maximum atomic E-state index is 14.0. The Balaban J connectivity index is 1.84. The minimum atomic E-state index is -4.39. The molecule has 1 aromatic heterocycles. The van der Waals surface area contributed by atoms with Crippen LogP contribution in [0.5, 0.6) is 0 Å². The highest BCUT2D eigenvalue weighted by molar-refractivity contribution is 7.92. The van der Waals surface area contributed by atoms with Crippen molar-refractivity contribution < 1.29 is 21.6 Å². The van der Waals surface area contributed by atoms with Crippen LogP contribution in [0.4, 0.5) is 18.9 Å². The predicted octanol–water partition coefficient (Wildman–Crippen LogP) is 4.76. The zero-order valence-corrected chi connectivity index (χ0v) is 16.1. The van der Waals surface area contributed by atoms with Crippen LogP contribution in [-0.2, 0) is 10.0 Å². The molecular weight excluding hydrogens is 415 g/mol. The Morgan fingerprint density at radius 2 is 1.43 bits per heavy atom. The van der Waals surface area contributed by atoms with Crippen molar-refractivity contribution in [2.75, 3.05) is 4.72 Å². The van der Waals surface area contributed by atoms with Gasteiger partial charge in [0.15, 0.2) is 17.5 Å². The van der Waals surface area contributed by atoms with E-state index in [2.05, 4.69) is 5.10 Å². The van der Waals surface area contributed by atoms with Crippen LogP contribution in [-0.4, -0.2) is 18.2 Å². The monoisotopic (exact) mass is 429 g/mol. The van der Waals surface area contributed by atoms with Crippen LogP contribution >= 0.6 is 0 Å². The van der Waals surface area contributed by atoms with Gasteiger partial charge >= 0.3 is 0 Å². The second kappa shape index (κ2) is 7.68. The molecule has 30 heavy (non-hydrogen) atoms. The van der Waals surface area contributed by atoms with Gasteiger partial charge in [-0.25, -0.2) is 26.3 Å². The first-order valence-corrected chi connectivity index (χ1v) is 10.2. The summed E-state index contributed by atoms with van der Waals surface area (Å²) in [5.74, 6) is -4.81. The second-order valence-electron chi connectivity index (χ2n) is 6.32. The Morgan fingerprint density at radius 3 is 2.10 bits per heavy atom. The van der Waals surface area contributed by atoms with Crippen molar-refractivity contribution in [1.82, 2.24) is 9.78 Å². The number of sulfonamides is 1. The summed E-state index contributed by atoms with van der Waals surface area (Å²) >= 11 is 0. The lowest BCUT2D eigenvalue weighted by molar-refractivity contribution is 0.449. The number of rotatable bonds is 5. The van der Waals surface area contributed by atoms with Crippen LogP contribution in [0.2, 0.25) is 0 Å². The summed E-state index contributed by atoms with van der Waals surface area (Å²) in [6.07, 6.45) is 1.28. The number of para-hydroxylation sites is 1. The summed E-state index contributed by atoms with van der Waals surface area (Å²) in [5, 5.41) is 4.38. The van der Waals surface area contributed by atoms with Crippen LogP contribution in [0.25, 0.3) is 16.9 Å². The topological polar surface area (TPSA) is 64.0 Å². The fraction of sp³-hybridized carbons (Fsp3) is 0. The van der Waals surface area contributed by atoms with E-state index in [4.69, 9.17) is 0 Å². The van der Waals surface area contributed by atoms with Gasteiger partial charge in [-0.05, 0) is 24.3 Å². The minimum absolute atomic E-state index is 0.120. The number of halogens is 3. The van der Waals surface area contributed by atoms with Crippen molar-refractivity contribution in [2.24, 2.45) is 0 Å². The Labute approximate surface area is 170 Å². The molecule has 0 aliphatic heterocycles. The third-order valence-corrected chi connectivity index (χ3v) is 5.68. The van der Waals surface area contributed by atoms with Crippen LogP contribution in [0.15, 0.2) is 83.9 Å². The first-order chi connectivity index (χ1) is 14.4. The number of hydrogen-bond acceptors (Lipinski definition) is 3. The molecule has 5 nitrogen and oxygen atoms in total. The lowest BCUT2D eigenvalue weighted by Gasteiger charge is -2.09. The van der Waals surface area contributed by atoms with Crippen molar-refractivity contribution in [3.63, 3.8) is 0 Å². The predicted molar refractivity (Wildman–Crippen MR) is 106 cm³/mol. The van der Waals surface area contributed by atoms with Gasteiger partial charge in [0.05, 0.1) is 17.6 Å². The number of hydrogen-bond donors (Lipinski definition) is 1. The first-order valence-electron chi connectivity index (χ1n) is 8.73. The van der Waals surface area contributed by atoms with E-state index in [1.165, 1.54) is 10.9 Å². The van der Waals surface area contributed by atoms with Crippen LogP contribution in [0.3, 0.4) is 0 Å². The molecule has 1 N–H and O–H groups in total. The molecule has 1 heterocycles. The van der Waals surface area contributed by atoms with E-state index in [0.29, 0.717) is 17.3 Å². The van der Waals surface area contributed by atoms with Crippen LogP contribution < -0.4 is 4.72 Å². The van der Waals surface area contributed by atoms with Gasteiger partial charge in [-0.15, -0.1) is 0 Å². The van der Waals surface area contributed by atoms with E-state index in [1.807, 2.05) is 4.72 Å². The molecule has 0 aliphatic carbocycles. The van der Waals surface area contributed by atoms with Gasteiger partial charge < -0.3 is 0 Å². The molecule has 0 radical (unpaired) electrons. The van der Waals surface area contributed by atoms with Gasteiger partial charge in [-0.3, -0.25) is 4.72 Å². The van der Waals surface area contributed by atoms with Gasteiger partial charge in [0, 0.05) is 5.56 Å². The Kier molecular flexibility index (Phi) is 5.04. The molecule has 0 spiro atoms. The van der Waals surface area contributed by atoms with E-state index in [0.717, 1.165) is 6.07 Å². The molecule has 9 heteroatoms. The molecule has 152 valence electrons. The van der Waals surface area contributed by atoms with Crippen molar-refractivity contribution in [3.05, 3.63) is 96.4 Å². The fourth-order valence-corrected chi connectivity index (χ4v) is 4.08. The third kappa shape index (κ3) is 3.67. The SMILES string of the molecule is O=S(=O)(Nc1ccc(F)c(F)c1F)c1cn(-c2ccccc2)nc1-c1ccccc1. The Bertz CT molecular complexity index is 1310. The number of nitrogens with zero attached hydrogens (tertiary/aromatic N) is 2. The normalized spacial score (nSPS) is 11.4. The van der Waals surface area contributed by atoms with Gasteiger partial charge in [-0.2, -0.15) is 5.10 Å².